The second kappa shape index (κ2) is 23.0. The average molecular weight is 873 g/mol. The Morgan fingerprint density at radius 3 is 2.10 bits per heavy atom. The van der Waals surface area contributed by atoms with Crippen molar-refractivity contribution in [1.82, 2.24) is 14.6 Å². The fourth-order valence-electron chi connectivity index (χ4n) is 8.06. The van der Waals surface area contributed by atoms with Gasteiger partial charge in [0, 0.05) is 32.0 Å². The lowest BCUT2D eigenvalue weighted by Crippen LogP contribution is -2.49. The van der Waals surface area contributed by atoms with E-state index in [0.717, 1.165) is 19.3 Å². The molecule has 2 fully saturated rings. The molecule has 18 heteroatoms. The normalized spacial score (nSPS) is 23.5. The van der Waals surface area contributed by atoms with E-state index in [1.54, 1.807) is 12.1 Å². The molecule has 3 heterocycles. The summed E-state index contributed by atoms with van der Waals surface area (Å²) in [5, 5.41) is 37.0. The summed E-state index contributed by atoms with van der Waals surface area (Å²) in [7, 11) is -0.615. The number of unbranched alkanes of at least 4 members (excludes halogenated alkanes) is 15. The summed E-state index contributed by atoms with van der Waals surface area (Å²) < 4.78 is 54.6. The number of aliphatic imine (C=N–C) groups is 1. The Morgan fingerprint density at radius 1 is 0.984 bits per heavy atom. The van der Waals surface area contributed by atoms with Gasteiger partial charge in [-0.2, -0.15) is 10.4 Å². The number of aliphatic hydroxyl groups excluding tert-OH is 1. The molecule has 1 saturated carbocycles. The van der Waals surface area contributed by atoms with Crippen molar-refractivity contribution in [2.75, 3.05) is 46.8 Å². The number of ether oxygens (including phenoxy) is 5. The first-order valence-electron chi connectivity index (χ1n) is 21.7. The molecule has 2 aliphatic rings. The first-order chi connectivity index (χ1) is 29.5. The summed E-state index contributed by atoms with van der Waals surface area (Å²) in [6.45, 7) is 2.21. The predicted octanol–water partition coefficient (Wildman–Crippen LogP) is 6.83. The van der Waals surface area contributed by atoms with Gasteiger partial charge in [0.25, 0.3) is 0 Å². The number of nitrogen functional groups attached to an aromatic ring is 1. The maximum absolute atomic E-state index is 13.4. The standard InChI is InChI=1S/C43H65N6O11P/c1-5-6-7-8-9-10-11-12-13-14-15-16-17-18-19-20-23-56-27-32(58-31-24-35(54-3)33(26-44)36(25-31)55-4)28-57-61(52,53)60-39-38-43(39,51)41(50)42(59-38,29-46-2)37-22-21-34-40(45)47-30-48-49(34)37/h21-22,24-25,29-30,32,38-39,41,50-51H,5-20,23,27-28H2,1-4H3,(H,52,53)(H2,45,47,48)/t32-,38-,39?,41+,42+,43+/m1/s1. The maximum Gasteiger partial charge on any atom is 0.472 e. The topological polar surface area (TPSA) is 235 Å². The molecule has 0 spiro atoms. The molecule has 1 aromatic carbocycles. The molecule has 1 aliphatic carbocycles. The molecule has 0 bridgehead atoms. The van der Waals surface area contributed by atoms with E-state index in [2.05, 4.69) is 22.0 Å². The molecule has 5 N–H and O–H groups in total. The Kier molecular flexibility index (Phi) is 18.2. The highest BCUT2D eigenvalue weighted by Gasteiger charge is 2.83. The highest BCUT2D eigenvalue weighted by molar-refractivity contribution is 7.47. The second-order valence-corrected chi connectivity index (χ2v) is 17.3. The predicted molar refractivity (Wildman–Crippen MR) is 229 cm³/mol. The number of nitrogens with two attached hydrogens (primary N) is 1. The zero-order chi connectivity index (χ0) is 43.9. The van der Waals surface area contributed by atoms with E-state index in [-0.39, 0.29) is 35.2 Å². The number of hydrogen-bond donors (Lipinski definition) is 4. The third-order valence-electron chi connectivity index (χ3n) is 11.5. The van der Waals surface area contributed by atoms with E-state index >= 15 is 0 Å². The van der Waals surface area contributed by atoms with Crippen molar-refractivity contribution in [3.63, 3.8) is 0 Å². The zero-order valence-corrected chi connectivity index (χ0v) is 37.0. The van der Waals surface area contributed by atoms with Crippen LogP contribution in [0.1, 0.15) is 121 Å². The molecule has 5 rings (SSSR count). The molecule has 2 aromatic heterocycles. The minimum Gasteiger partial charge on any atom is -0.495 e. The Balaban J connectivity index is 1.11. The van der Waals surface area contributed by atoms with Crippen LogP contribution in [0, 0.1) is 11.3 Å². The number of aromatic nitrogens is 3. The van der Waals surface area contributed by atoms with Crippen LogP contribution in [0.3, 0.4) is 0 Å². The van der Waals surface area contributed by atoms with E-state index < -0.39 is 50.0 Å². The van der Waals surface area contributed by atoms with Crippen LogP contribution in [0.15, 0.2) is 35.6 Å². The number of phosphoric acid groups is 1. The molecule has 2 unspecified atom stereocenters. The maximum atomic E-state index is 13.4. The number of hydrogen-bond acceptors (Lipinski definition) is 15. The third kappa shape index (κ3) is 12.0. The third-order valence-corrected chi connectivity index (χ3v) is 12.4. The highest BCUT2D eigenvalue weighted by Crippen LogP contribution is 2.63. The van der Waals surface area contributed by atoms with Crippen LogP contribution >= 0.6 is 7.82 Å². The Morgan fingerprint density at radius 2 is 1.57 bits per heavy atom. The molecular weight excluding hydrogens is 807 g/mol. The van der Waals surface area contributed by atoms with Crippen LogP contribution < -0.4 is 19.9 Å². The number of benzene rings is 1. The van der Waals surface area contributed by atoms with E-state index in [9.17, 15) is 24.9 Å². The van der Waals surface area contributed by atoms with Crippen molar-refractivity contribution in [3.05, 3.63) is 41.9 Å². The van der Waals surface area contributed by atoms with Gasteiger partial charge in [0.2, 0.25) is 0 Å². The summed E-state index contributed by atoms with van der Waals surface area (Å²) in [6, 6.07) is 8.29. The SMILES string of the molecule is CCCCCCCCCCCCCCCCCCOC[C@H](COP(=O)(O)OC1[C@H]2O[C@@](C=NC)(c3ccc4c(N)ncnn34)[C@H](O)[C@@]12O)Oc1cc(OC)c(C#N)c(OC)c1. The molecule has 61 heavy (non-hydrogen) atoms. The lowest BCUT2D eigenvalue weighted by molar-refractivity contribution is -0.0971. The van der Waals surface area contributed by atoms with Crippen molar-refractivity contribution in [2.45, 2.75) is 145 Å². The Bertz CT molecular complexity index is 1940. The Labute approximate surface area is 359 Å². The molecule has 1 saturated heterocycles. The first kappa shape index (κ1) is 48.2. The quantitative estimate of drug-likeness (QED) is 0.0305. The number of nitrogens with zero attached hydrogens (tertiary/aromatic N) is 5. The van der Waals surface area contributed by atoms with Gasteiger partial charge in [-0.1, -0.05) is 103 Å². The lowest BCUT2D eigenvalue weighted by atomic mass is 9.90. The number of fused-ring (bicyclic) bond motifs is 2. The van der Waals surface area contributed by atoms with Crippen molar-refractivity contribution >= 4 is 25.4 Å². The van der Waals surface area contributed by atoms with Gasteiger partial charge in [0.15, 0.2) is 17.0 Å². The van der Waals surface area contributed by atoms with Crippen LogP contribution in [0.4, 0.5) is 5.82 Å². The van der Waals surface area contributed by atoms with Gasteiger partial charge in [0.05, 0.1) is 33.1 Å². The highest BCUT2D eigenvalue weighted by atomic mass is 31.2. The number of phosphoric ester groups is 1. The number of rotatable bonds is 30. The van der Waals surface area contributed by atoms with Crippen LogP contribution in [0.5, 0.6) is 17.2 Å². The van der Waals surface area contributed by atoms with E-state index in [1.807, 2.05) is 6.07 Å². The fourth-order valence-corrected chi connectivity index (χ4v) is 9.04. The molecule has 3 aromatic rings. The molecule has 17 nitrogen and oxygen atoms in total. The number of aliphatic hydroxyl groups is 2. The van der Waals surface area contributed by atoms with Crippen molar-refractivity contribution in [1.29, 1.82) is 5.26 Å². The zero-order valence-electron chi connectivity index (χ0n) is 36.1. The van der Waals surface area contributed by atoms with Gasteiger partial charge < -0.3 is 44.5 Å². The summed E-state index contributed by atoms with van der Waals surface area (Å²) >= 11 is 0. The van der Waals surface area contributed by atoms with Crippen molar-refractivity contribution in [3.8, 4) is 23.3 Å². The summed E-state index contributed by atoms with van der Waals surface area (Å²) in [6.07, 6.45) is 17.4. The molecule has 1 aliphatic heterocycles. The van der Waals surface area contributed by atoms with Gasteiger partial charge in [-0.25, -0.2) is 14.1 Å². The summed E-state index contributed by atoms with van der Waals surface area (Å²) in [4.78, 5) is 18.9. The van der Waals surface area contributed by atoms with Crippen molar-refractivity contribution < 1.29 is 52.4 Å². The molecule has 338 valence electrons. The minimum atomic E-state index is -4.91. The smallest absolute Gasteiger partial charge is 0.472 e. The van der Waals surface area contributed by atoms with Crippen LogP contribution in [-0.4, -0.2) is 107 Å². The van der Waals surface area contributed by atoms with Gasteiger partial charge in [-0.05, 0) is 18.6 Å². The summed E-state index contributed by atoms with van der Waals surface area (Å²) in [5.74, 6) is 0.845. The Hall–Kier alpha value is -3.85. The summed E-state index contributed by atoms with van der Waals surface area (Å²) in [5.41, 5.74) is 3.11. The first-order valence-corrected chi connectivity index (χ1v) is 23.2. The average Bonchev–Trinajstić information content (AvgIpc) is 3.48. The van der Waals surface area contributed by atoms with Crippen LogP contribution in [0.25, 0.3) is 5.52 Å². The number of nitriles is 1. The van der Waals surface area contributed by atoms with Gasteiger partial charge >= 0.3 is 7.82 Å². The van der Waals surface area contributed by atoms with Crippen LogP contribution in [0.2, 0.25) is 0 Å². The monoisotopic (exact) mass is 872 g/mol. The van der Waals surface area contributed by atoms with E-state index in [0.29, 0.717) is 17.8 Å². The molecule has 0 radical (unpaired) electrons. The van der Waals surface area contributed by atoms with Crippen molar-refractivity contribution in [2.24, 2.45) is 4.99 Å². The minimum absolute atomic E-state index is 0.0145. The molecule has 7 atom stereocenters. The largest absolute Gasteiger partial charge is 0.495 e. The van der Waals surface area contributed by atoms with E-state index in [4.69, 9.17) is 38.5 Å². The van der Waals surface area contributed by atoms with Crippen LogP contribution in [-0.2, 0) is 28.7 Å². The van der Waals surface area contributed by atoms with E-state index in [1.165, 1.54) is 134 Å². The molecule has 0 amide bonds. The number of methoxy groups -OCH3 is 2. The number of anilines is 1. The van der Waals surface area contributed by atoms with Gasteiger partial charge in [-0.3, -0.25) is 14.0 Å². The molecular formula is C43H65N6O11P. The fraction of sp³-hybridized carbons (Fsp3) is 0.674. The van der Waals surface area contributed by atoms with Gasteiger partial charge in [-0.15, -0.1) is 0 Å². The second-order valence-electron chi connectivity index (χ2n) is 15.9. The lowest BCUT2D eigenvalue weighted by Gasteiger charge is -2.32. The van der Waals surface area contributed by atoms with Gasteiger partial charge in [0.1, 0.15) is 65.1 Å².